The van der Waals surface area contributed by atoms with E-state index in [1.165, 1.54) is 0 Å². The third kappa shape index (κ3) is 6.97. The van der Waals surface area contributed by atoms with Gasteiger partial charge in [-0.2, -0.15) is 13.2 Å². The van der Waals surface area contributed by atoms with Crippen LogP contribution >= 0.6 is 0 Å². The number of carboxylic acid groups (broad SMARTS) is 1. The first-order chi connectivity index (χ1) is 16.1. The fourth-order valence-corrected chi connectivity index (χ4v) is 3.67. The van der Waals surface area contributed by atoms with E-state index >= 15 is 0 Å². The predicted octanol–water partition coefficient (Wildman–Crippen LogP) is 3.89. The Kier molecular flexibility index (Phi) is 8.14. The molecule has 0 aromatic heterocycles. The molecule has 1 aliphatic carbocycles. The average Bonchev–Trinajstić information content (AvgIpc) is 2.82. The first-order valence-electron chi connectivity index (χ1n) is 10.9. The molecule has 1 fully saturated rings. The van der Waals surface area contributed by atoms with E-state index in [0.717, 1.165) is 24.3 Å². The smallest absolute Gasteiger partial charge is 0.416 e. The van der Waals surface area contributed by atoms with Crippen LogP contribution in [0.15, 0.2) is 48.5 Å². The molecule has 10 heteroatoms. The van der Waals surface area contributed by atoms with Crippen LogP contribution in [0.1, 0.15) is 52.0 Å². The van der Waals surface area contributed by atoms with Gasteiger partial charge in [0.15, 0.2) is 0 Å². The van der Waals surface area contributed by atoms with Crippen molar-refractivity contribution < 1.29 is 37.4 Å². The summed E-state index contributed by atoms with van der Waals surface area (Å²) in [7, 11) is 0. The second kappa shape index (κ2) is 11.0. The number of benzene rings is 2. The molecule has 3 N–H and O–H groups in total. The molecule has 34 heavy (non-hydrogen) atoms. The molecule has 0 aliphatic heterocycles. The van der Waals surface area contributed by atoms with Crippen molar-refractivity contribution >= 4 is 17.8 Å². The summed E-state index contributed by atoms with van der Waals surface area (Å²) in [5, 5.41) is 14.2. The van der Waals surface area contributed by atoms with Gasteiger partial charge in [-0.05, 0) is 74.2 Å². The summed E-state index contributed by atoms with van der Waals surface area (Å²) in [6.07, 6.45) is -2.03. The van der Waals surface area contributed by atoms with Gasteiger partial charge in [0.25, 0.3) is 11.8 Å². The van der Waals surface area contributed by atoms with Crippen molar-refractivity contribution in [1.29, 1.82) is 0 Å². The van der Waals surface area contributed by atoms with Crippen molar-refractivity contribution in [2.45, 2.75) is 38.0 Å². The Bertz CT molecular complexity index is 999. The van der Waals surface area contributed by atoms with Crippen molar-refractivity contribution in [2.75, 3.05) is 13.1 Å². The van der Waals surface area contributed by atoms with E-state index in [0.29, 0.717) is 37.0 Å². The van der Waals surface area contributed by atoms with Crippen LogP contribution in [0.3, 0.4) is 0 Å². The molecule has 1 saturated carbocycles. The summed E-state index contributed by atoms with van der Waals surface area (Å²) in [4.78, 5) is 35.3. The molecule has 2 aromatic rings. The topological polar surface area (TPSA) is 105 Å². The maximum atomic E-state index is 12.6. The van der Waals surface area contributed by atoms with Crippen molar-refractivity contribution in [3.63, 3.8) is 0 Å². The van der Waals surface area contributed by atoms with E-state index in [1.807, 2.05) is 0 Å². The van der Waals surface area contributed by atoms with Crippen LogP contribution in [0, 0.1) is 5.92 Å². The van der Waals surface area contributed by atoms with Gasteiger partial charge in [0.05, 0.1) is 17.6 Å². The number of rotatable bonds is 8. The highest BCUT2D eigenvalue weighted by Crippen LogP contribution is 2.29. The molecule has 0 saturated heterocycles. The Morgan fingerprint density at radius 1 is 0.824 bits per heavy atom. The highest BCUT2D eigenvalue weighted by molar-refractivity contribution is 5.95. The van der Waals surface area contributed by atoms with Gasteiger partial charge in [-0.15, -0.1) is 0 Å². The molecule has 2 amide bonds. The van der Waals surface area contributed by atoms with Crippen molar-refractivity contribution in [2.24, 2.45) is 5.92 Å². The molecule has 0 spiro atoms. The van der Waals surface area contributed by atoms with Crippen LogP contribution < -0.4 is 15.4 Å². The molecule has 182 valence electrons. The maximum Gasteiger partial charge on any atom is 0.416 e. The Hall–Kier alpha value is -3.56. The normalized spacial score (nSPS) is 18.1. The molecule has 3 rings (SSSR count). The lowest BCUT2D eigenvalue weighted by Crippen LogP contribution is -2.34. The summed E-state index contributed by atoms with van der Waals surface area (Å²) >= 11 is 0. The minimum Gasteiger partial charge on any atom is -0.490 e. The Morgan fingerprint density at radius 3 is 1.74 bits per heavy atom. The van der Waals surface area contributed by atoms with Crippen LogP contribution in [0.2, 0.25) is 0 Å². The van der Waals surface area contributed by atoms with E-state index in [1.54, 1.807) is 24.3 Å². The Labute approximate surface area is 194 Å². The fraction of sp³-hybridized carbons (Fsp3) is 0.375. The fourth-order valence-electron chi connectivity index (χ4n) is 3.67. The number of aliphatic carboxylic acids is 1. The standard InChI is InChI=1S/C24H25F3N2O5/c25-24(26,27)18-7-1-15(2-8-18)21(30)28-13-14-29-22(31)16-3-9-19(10-4-16)34-20-11-5-17(6-12-20)23(32)33/h1-4,7-10,17,20H,5-6,11-14H2,(H,28,30)(H,29,31)(H,32,33)/t17-,20+. The van der Waals surface area contributed by atoms with Gasteiger partial charge in [-0.25, -0.2) is 0 Å². The molecule has 7 nitrogen and oxygen atoms in total. The van der Waals surface area contributed by atoms with Crippen molar-refractivity contribution in [3.8, 4) is 5.75 Å². The number of hydrogen-bond acceptors (Lipinski definition) is 4. The zero-order valence-corrected chi connectivity index (χ0v) is 18.2. The lowest BCUT2D eigenvalue weighted by molar-refractivity contribution is -0.143. The number of carbonyl (C=O) groups is 3. The molecule has 0 unspecified atom stereocenters. The first kappa shape index (κ1) is 25.1. The number of alkyl halides is 3. The van der Waals surface area contributed by atoms with E-state index in [2.05, 4.69) is 10.6 Å². The number of ether oxygens (including phenoxy) is 1. The molecule has 0 heterocycles. The van der Waals surface area contributed by atoms with Gasteiger partial charge >= 0.3 is 12.1 Å². The van der Waals surface area contributed by atoms with Crippen LogP contribution in [-0.2, 0) is 11.0 Å². The molecule has 0 radical (unpaired) electrons. The van der Waals surface area contributed by atoms with Crippen LogP contribution in [0.4, 0.5) is 13.2 Å². The highest BCUT2D eigenvalue weighted by atomic mass is 19.4. The third-order valence-corrected chi connectivity index (χ3v) is 5.61. The van der Waals surface area contributed by atoms with Crippen molar-refractivity contribution in [3.05, 3.63) is 65.2 Å². The molecular formula is C24H25F3N2O5. The summed E-state index contributed by atoms with van der Waals surface area (Å²) in [5.74, 6) is -1.38. The number of hydrogen-bond donors (Lipinski definition) is 3. The zero-order valence-electron chi connectivity index (χ0n) is 18.2. The lowest BCUT2D eigenvalue weighted by Gasteiger charge is -2.26. The van der Waals surface area contributed by atoms with Gasteiger partial charge in [0.2, 0.25) is 0 Å². The van der Waals surface area contributed by atoms with Gasteiger partial charge in [0, 0.05) is 24.2 Å². The molecule has 2 aromatic carbocycles. The summed E-state index contributed by atoms with van der Waals surface area (Å²) in [5.41, 5.74) is -0.347. The Morgan fingerprint density at radius 2 is 1.29 bits per heavy atom. The number of carbonyl (C=O) groups excluding carboxylic acids is 2. The quantitative estimate of drug-likeness (QED) is 0.500. The van der Waals surface area contributed by atoms with Gasteiger partial charge in [0.1, 0.15) is 5.75 Å². The van der Waals surface area contributed by atoms with E-state index in [9.17, 15) is 27.6 Å². The maximum absolute atomic E-state index is 12.6. The summed E-state index contributed by atoms with van der Waals surface area (Å²) < 4.78 is 43.6. The van der Waals surface area contributed by atoms with E-state index < -0.39 is 23.6 Å². The second-order valence-electron chi connectivity index (χ2n) is 8.04. The number of carboxylic acids is 1. The third-order valence-electron chi connectivity index (χ3n) is 5.61. The summed E-state index contributed by atoms with van der Waals surface area (Å²) in [6, 6.07) is 10.4. The highest BCUT2D eigenvalue weighted by Gasteiger charge is 2.30. The molecule has 0 atom stereocenters. The molecule has 1 aliphatic rings. The largest absolute Gasteiger partial charge is 0.490 e. The average molecular weight is 478 g/mol. The van der Waals surface area contributed by atoms with Gasteiger partial charge < -0.3 is 20.5 Å². The predicted molar refractivity (Wildman–Crippen MR) is 117 cm³/mol. The number of amides is 2. The SMILES string of the molecule is O=C(NCCNC(=O)c1ccc(C(F)(F)F)cc1)c1ccc(O[C@H]2CC[C@@H](C(=O)O)CC2)cc1. The van der Waals surface area contributed by atoms with Gasteiger partial charge in [-0.1, -0.05) is 0 Å². The Balaban J connectivity index is 1.39. The van der Waals surface area contributed by atoms with E-state index in [-0.39, 0.29) is 36.6 Å². The van der Waals surface area contributed by atoms with Crippen LogP contribution in [0.5, 0.6) is 5.75 Å². The zero-order chi connectivity index (χ0) is 24.7. The monoisotopic (exact) mass is 478 g/mol. The van der Waals surface area contributed by atoms with E-state index in [4.69, 9.17) is 9.84 Å². The first-order valence-corrected chi connectivity index (χ1v) is 10.9. The van der Waals surface area contributed by atoms with Crippen LogP contribution in [0.25, 0.3) is 0 Å². The van der Waals surface area contributed by atoms with Gasteiger partial charge in [-0.3, -0.25) is 14.4 Å². The minimum absolute atomic E-state index is 0.0523. The number of nitrogens with one attached hydrogen (secondary N) is 2. The van der Waals surface area contributed by atoms with Crippen LogP contribution in [-0.4, -0.2) is 42.1 Å². The molecule has 0 bridgehead atoms. The lowest BCUT2D eigenvalue weighted by atomic mass is 9.87. The summed E-state index contributed by atoms with van der Waals surface area (Å²) in [6.45, 7) is 0.238. The minimum atomic E-state index is -4.47. The van der Waals surface area contributed by atoms with Crippen molar-refractivity contribution in [1.82, 2.24) is 10.6 Å². The number of halogens is 3. The molecular weight excluding hydrogens is 453 g/mol. The second-order valence-corrected chi connectivity index (χ2v) is 8.04.